The van der Waals surface area contributed by atoms with Crippen molar-refractivity contribution in [2.24, 2.45) is 11.1 Å². The Morgan fingerprint density at radius 3 is 2.39 bits per heavy atom. The molecule has 2 atom stereocenters. The van der Waals surface area contributed by atoms with Crippen LogP contribution in [0.2, 0.25) is 5.02 Å². The number of nitrogens with zero attached hydrogens (tertiary/aromatic N) is 2. The third kappa shape index (κ3) is 2.04. The number of carbonyl (C=O) groups is 2. The molecule has 23 heavy (non-hydrogen) atoms. The zero-order valence-electron chi connectivity index (χ0n) is 11.8. The highest BCUT2D eigenvalue weighted by Gasteiger charge is 2.56. The molecule has 0 saturated carbocycles. The minimum absolute atomic E-state index is 0.345. The summed E-state index contributed by atoms with van der Waals surface area (Å²) in [6.07, 6.45) is -0.922. The Bertz CT molecular complexity index is 835. The normalized spacial score (nSPS) is 22.8. The Labute approximate surface area is 137 Å². The molecule has 1 saturated heterocycles. The third-order valence-electron chi connectivity index (χ3n) is 3.98. The monoisotopic (exact) mass is 326 g/mol. The van der Waals surface area contributed by atoms with E-state index in [2.05, 4.69) is 5.16 Å². The van der Waals surface area contributed by atoms with Gasteiger partial charge in [-0.05, 0) is 18.2 Å². The number of amides is 2. The molecule has 2 aromatic rings. The van der Waals surface area contributed by atoms with Crippen molar-refractivity contribution in [3.05, 3.63) is 65.2 Å². The molecule has 2 heterocycles. The van der Waals surface area contributed by atoms with E-state index in [1.165, 1.54) is 0 Å². The predicted molar refractivity (Wildman–Crippen MR) is 85.3 cm³/mol. The van der Waals surface area contributed by atoms with Crippen LogP contribution >= 0.6 is 11.6 Å². The summed E-state index contributed by atoms with van der Waals surface area (Å²) in [5.41, 5.74) is 1.54. The quantitative estimate of drug-likeness (QED) is 0.797. The fraction of sp³-hybridized carbons (Fsp3) is 0.118. The van der Waals surface area contributed by atoms with Gasteiger partial charge in [0.1, 0.15) is 11.6 Å². The highest BCUT2D eigenvalue weighted by Crippen LogP contribution is 2.36. The highest BCUT2D eigenvalue weighted by molar-refractivity contribution is 6.38. The van der Waals surface area contributed by atoms with Crippen molar-refractivity contribution < 1.29 is 14.4 Å². The maximum atomic E-state index is 12.8. The lowest BCUT2D eigenvalue weighted by molar-refractivity contribution is -0.126. The summed E-state index contributed by atoms with van der Waals surface area (Å²) in [6, 6.07) is 15.8. The van der Waals surface area contributed by atoms with E-state index in [-0.39, 0.29) is 5.91 Å². The minimum Gasteiger partial charge on any atom is -0.381 e. The molecule has 6 heteroatoms. The average molecular weight is 327 g/mol. The summed E-state index contributed by atoms with van der Waals surface area (Å²) in [7, 11) is 0. The van der Waals surface area contributed by atoms with Gasteiger partial charge in [0.05, 0.1) is 5.69 Å². The molecule has 1 fully saturated rings. The van der Waals surface area contributed by atoms with E-state index in [9.17, 15) is 9.59 Å². The molecule has 114 valence electrons. The Morgan fingerprint density at radius 2 is 1.65 bits per heavy atom. The van der Waals surface area contributed by atoms with Gasteiger partial charge >= 0.3 is 0 Å². The van der Waals surface area contributed by atoms with E-state index in [0.29, 0.717) is 22.0 Å². The van der Waals surface area contributed by atoms with E-state index in [0.717, 1.165) is 4.90 Å². The summed E-state index contributed by atoms with van der Waals surface area (Å²) < 4.78 is 0. The summed E-state index contributed by atoms with van der Waals surface area (Å²) >= 11 is 6.19. The van der Waals surface area contributed by atoms with Crippen LogP contribution in [0.1, 0.15) is 5.56 Å². The van der Waals surface area contributed by atoms with Crippen molar-refractivity contribution in [2.75, 3.05) is 4.90 Å². The van der Waals surface area contributed by atoms with Gasteiger partial charge in [-0.3, -0.25) is 9.59 Å². The molecule has 2 aliphatic rings. The van der Waals surface area contributed by atoms with Crippen molar-refractivity contribution in [3.8, 4) is 0 Å². The van der Waals surface area contributed by atoms with Crippen LogP contribution in [0.25, 0.3) is 0 Å². The Hall–Kier alpha value is -2.66. The van der Waals surface area contributed by atoms with Gasteiger partial charge in [0.25, 0.3) is 5.91 Å². The topological polar surface area (TPSA) is 59.0 Å². The van der Waals surface area contributed by atoms with Crippen molar-refractivity contribution in [2.45, 2.75) is 6.10 Å². The van der Waals surface area contributed by atoms with Crippen molar-refractivity contribution in [1.82, 2.24) is 0 Å². The second-order valence-corrected chi connectivity index (χ2v) is 5.71. The number of fused-ring (bicyclic) bond motifs is 1. The number of imide groups is 1. The number of para-hydroxylation sites is 1. The summed E-state index contributed by atoms with van der Waals surface area (Å²) in [4.78, 5) is 31.7. The summed E-state index contributed by atoms with van der Waals surface area (Å²) in [6.45, 7) is 0. The molecule has 0 N–H and O–H groups in total. The lowest BCUT2D eigenvalue weighted by atomic mass is 9.94. The molecule has 0 aliphatic carbocycles. The first-order valence-corrected chi connectivity index (χ1v) is 7.48. The summed E-state index contributed by atoms with van der Waals surface area (Å²) in [5.74, 6) is -1.51. The maximum absolute atomic E-state index is 12.8. The van der Waals surface area contributed by atoms with E-state index >= 15 is 0 Å². The molecule has 2 aromatic carbocycles. The zero-order chi connectivity index (χ0) is 16.0. The van der Waals surface area contributed by atoms with Gasteiger partial charge in [0.15, 0.2) is 0 Å². The first kappa shape index (κ1) is 14.0. The second-order valence-electron chi connectivity index (χ2n) is 5.31. The molecule has 2 aliphatic heterocycles. The SMILES string of the molecule is O=C1[C@@H]2C(c3ccccc3Cl)=NO[C@H]2C(=O)N1c1ccccc1. The van der Waals surface area contributed by atoms with Crippen molar-refractivity contribution in [1.29, 1.82) is 0 Å². The van der Waals surface area contributed by atoms with Crippen molar-refractivity contribution in [3.63, 3.8) is 0 Å². The van der Waals surface area contributed by atoms with E-state index < -0.39 is 17.9 Å². The molecule has 0 radical (unpaired) electrons. The Balaban J connectivity index is 1.74. The first-order valence-electron chi connectivity index (χ1n) is 7.10. The maximum Gasteiger partial charge on any atom is 0.278 e. The lowest BCUT2D eigenvalue weighted by Crippen LogP contribution is -2.33. The molecular weight excluding hydrogens is 316 g/mol. The molecule has 5 nitrogen and oxygen atoms in total. The van der Waals surface area contributed by atoms with Crippen LogP contribution < -0.4 is 4.90 Å². The number of halogens is 1. The number of oxime groups is 1. The molecular formula is C17H11ClN2O3. The average Bonchev–Trinajstić information content (AvgIpc) is 3.10. The van der Waals surface area contributed by atoms with Crippen LogP contribution in [-0.4, -0.2) is 23.6 Å². The van der Waals surface area contributed by atoms with E-state index in [1.807, 2.05) is 6.07 Å². The minimum atomic E-state index is -0.922. The molecule has 0 aromatic heterocycles. The van der Waals surface area contributed by atoms with Gasteiger partial charge in [-0.15, -0.1) is 0 Å². The summed E-state index contributed by atoms with van der Waals surface area (Å²) in [5, 5.41) is 4.41. The van der Waals surface area contributed by atoms with Crippen LogP contribution in [0.4, 0.5) is 5.69 Å². The molecule has 0 unspecified atom stereocenters. The van der Waals surface area contributed by atoms with Gasteiger partial charge in [0.2, 0.25) is 12.0 Å². The van der Waals surface area contributed by atoms with Crippen LogP contribution in [-0.2, 0) is 14.4 Å². The molecule has 0 spiro atoms. The first-order chi connectivity index (χ1) is 11.2. The van der Waals surface area contributed by atoms with Gasteiger partial charge in [0, 0.05) is 10.6 Å². The largest absolute Gasteiger partial charge is 0.381 e. The van der Waals surface area contributed by atoms with Crippen LogP contribution in [0, 0.1) is 5.92 Å². The fourth-order valence-corrected chi connectivity index (χ4v) is 3.13. The highest BCUT2D eigenvalue weighted by atomic mass is 35.5. The zero-order valence-corrected chi connectivity index (χ0v) is 12.6. The van der Waals surface area contributed by atoms with E-state index in [4.69, 9.17) is 16.4 Å². The number of anilines is 1. The molecule has 2 amide bonds. The number of rotatable bonds is 2. The smallest absolute Gasteiger partial charge is 0.278 e. The van der Waals surface area contributed by atoms with Crippen molar-refractivity contribution >= 4 is 34.8 Å². The Kier molecular flexibility index (Phi) is 3.16. The van der Waals surface area contributed by atoms with Crippen LogP contribution in [0.5, 0.6) is 0 Å². The van der Waals surface area contributed by atoms with E-state index in [1.54, 1.807) is 48.5 Å². The second kappa shape index (κ2) is 5.21. The standard InChI is InChI=1S/C17H11ClN2O3/c18-12-9-5-4-8-11(12)14-13-15(23-19-14)17(22)20(16(13)21)10-6-2-1-3-7-10/h1-9,13,15H/t13-,15-/m1/s1. The molecule has 4 rings (SSSR count). The Morgan fingerprint density at radius 1 is 0.957 bits per heavy atom. The van der Waals surface area contributed by atoms with Gasteiger partial charge in [-0.25, -0.2) is 4.90 Å². The number of hydrogen-bond acceptors (Lipinski definition) is 4. The predicted octanol–water partition coefficient (Wildman–Crippen LogP) is 2.63. The van der Waals surface area contributed by atoms with Crippen LogP contribution in [0.3, 0.4) is 0 Å². The van der Waals surface area contributed by atoms with Gasteiger partial charge < -0.3 is 4.84 Å². The van der Waals surface area contributed by atoms with Crippen LogP contribution in [0.15, 0.2) is 59.8 Å². The number of benzene rings is 2. The third-order valence-corrected chi connectivity index (χ3v) is 4.31. The fourth-order valence-electron chi connectivity index (χ4n) is 2.90. The lowest BCUT2D eigenvalue weighted by Gasteiger charge is -2.15. The molecule has 0 bridgehead atoms. The number of hydrogen-bond donors (Lipinski definition) is 0. The van der Waals surface area contributed by atoms with Gasteiger partial charge in [-0.1, -0.05) is 53.2 Å². The van der Waals surface area contributed by atoms with Gasteiger partial charge in [-0.2, -0.15) is 0 Å². The number of carbonyl (C=O) groups excluding carboxylic acids is 2.